The summed E-state index contributed by atoms with van der Waals surface area (Å²) in [7, 11) is 0. The summed E-state index contributed by atoms with van der Waals surface area (Å²) < 4.78 is 12.3. The van der Waals surface area contributed by atoms with Gasteiger partial charge in [-0.1, -0.05) is 13.8 Å². The van der Waals surface area contributed by atoms with Crippen molar-refractivity contribution in [3.05, 3.63) is 0 Å². The molecule has 0 saturated carbocycles. The first kappa shape index (κ1) is 7.85. The van der Waals surface area contributed by atoms with Crippen LogP contribution in [0.15, 0.2) is 0 Å². The first-order chi connectivity index (χ1) is 3.68. The third kappa shape index (κ3) is 2.93. The number of halogens is 1. The lowest BCUT2D eigenvalue weighted by Crippen LogP contribution is -2.18. The van der Waals surface area contributed by atoms with Crippen LogP contribution in [0.2, 0.25) is 0 Å². The van der Waals surface area contributed by atoms with E-state index in [1.165, 1.54) is 0 Å². The number of hydrogen-bond donors (Lipinski definition) is 1. The molecular formula is C5H12FNO. The van der Waals surface area contributed by atoms with Crippen molar-refractivity contribution in [1.82, 2.24) is 0 Å². The van der Waals surface area contributed by atoms with Gasteiger partial charge in [0, 0.05) is 0 Å². The Hall–Kier alpha value is -0.150. The van der Waals surface area contributed by atoms with Crippen LogP contribution < -0.4 is 5.90 Å². The lowest BCUT2D eigenvalue weighted by Gasteiger charge is -2.08. The summed E-state index contributed by atoms with van der Waals surface area (Å²) in [4.78, 5) is 4.09. The Labute approximate surface area is 48.8 Å². The third-order valence-electron chi connectivity index (χ3n) is 0.979. The van der Waals surface area contributed by atoms with Crippen molar-refractivity contribution in [3.8, 4) is 0 Å². The van der Waals surface area contributed by atoms with Crippen molar-refractivity contribution in [3.63, 3.8) is 0 Å². The summed E-state index contributed by atoms with van der Waals surface area (Å²) in [5.74, 6) is 4.63. The van der Waals surface area contributed by atoms with Crippen molar-refractivity contribution in [2.45, 2.75) is 20.0 Å². The minimum atomic E-state index is -0.931. The highest BCUT2D eigenvalue weighted by molar-refractivity contribution is 4.56. The molecule has 0 saturated heterocycles. The van der Waals surface area contributed by atoms with Crippen molar-refractivity contribution >= 4 is 0 Å². The minimum absolute atomic E-state index is 0.00134. The topological polar surface area (TPSA) is 35.2 Å². The van der Waals surface area contributed by atoms with Crippen LogP contribution in [0.25, 0.3) is 0 Å². The normalized spacial score (nSPS) is 14.6. The van der Waals surface area contributed by atoms with Gasteiger partial charge < -0.3 is 4.84 Å². The lowest BCUT2D eigenvalue weighted by molar-refractivity contribution is 0.0621. The Morgan fingerprint density at radius 1 is 1.62 bits per heavy atom. The lowest BCUT2D eigenvalue weighted by atomic mass is 10.1. The Bertz CT molecular complexity index is 58.4. The van der Waals surface area contributed by atoms with Crippen LogP contribution in [0.5, 0.6) is 0 Å². The van der Waals surface area contributed by atoms with Gasteiger partial charge in [-0.2, -0.15) is 0 Å². The zero-order valence-corrected chi connectivity index (χ0v) is 5.23. The van der Waals surface area contributed by atoms with E-state index in [2.05, 4.69) is 10.7 Å². The van der Waals surface area contributed by atoms with E-state index in [0.29, 0.717) is 0 Å². The molecule has 50 valence electrons. The van der Waals surface area contributed by atoms with Crippen LogP contribution in [0.1, 0.15) is 13.8 Å². The fraction of sp³-hybridized carbons (Fsp3) is 1.00. The zero-order chi connectivity index (χ0) is 6.57. The predicted octanol–water partition coefficient (Wildman–Crippen LogP) is 0.871. The van der Waals surface area contributed by atoms with E-state index < -0.39 is 6.17 Å². The Balaban J connectivity index is 3.17. The molecule has 0 aromatic heterocycles. The molecular weight excluding hydrogens is 109 g/mol. The van der Waals surface area contributed by atoms with Crippen molar-refractivity contribution in [2.75, 3.05) is 6.61 Å². The van der Waals surface area contributed by atoms with Gasteiger partial charge in [-0.25, -0.2) is 10.3 Å². The van der Waals surface area contributed by atoms with Crippen LogP contribution >= 0.6 is 0 Å². The second-order valence-electron chi connectivity index (χ2n) is 2.09. The van der Waals surface area contributed by atoms with Gasteiger partial charge >= 0.3 is 0 Å². The number of hydrogen-bond acceptors (Lipinski definition) is 2. The quantitative estimate of drug-likeness (QED) is 0.562. The Morgan fingerprint density at radius 3 is 2.25 bits per heavy atom. The summed E-state index contributed by atoms with van der Waals surface area (Å²) in [6.07, 6.45) is -0.931. The Morgan fingerprint density at radius 2 is 2.12 bits per heavy atom. The molecule has 0 aliphatic carbocycles. The fourth-order valence-electron chi connectivity index (χ4n) is 0.284. The average molecular weight is 121 g/mol. The largest absolute Gasteiger partial charge is 0.302 e. The van der Waals surface area contributed by atoms with Gasteiger partial charge in [0.2, 0.25) is 0 Å². The third-order valence-corrected chi connectivity index (χ3v) is 0.979. The van der Waals surface area contributed by atoms with Gasteiger partial charge in [-0.05, 0) is 5.92 Å². The molecule has 0 fully saturated rings. The molecule has 0 rings (SSSR count). The Kier molecular flexibility index (Phi) is 3.73. The van der Waals surface area contributed by atoms with E-state index >= 15 is 0 Å². The molecule has 2 N–H and O–H groups in total. The molecule has 1 unspecified atom stereocenters. The summed E-state index contributed by atoms with van der Waals surface area (Å²) in [6.45, 7) is 3.56. The second kappa shape index (κ2) is 3.80. The van der Waals surface area contributed by atoms with Crippen LogP contribution in [0.3, 0.4) is 0 Å². The van der Waals surface area contributed by atoms with E-state index in [1.54, 1.807) is 13.8 Å². The molecule has 8 heavy (non-hydrogen) atoms. The van der Waals surface area contributed by atoms with E-state index in [4.69, 9.17) is 0 Å². The van der Waals surface area contributed by atoms with Crippen LogP contribution in [-0.4, -0.2) is 12.8 Å². The molecule has 1 atom stereocenters. The summed E-state index contributed by atoms with van der Waals surface area (Å²) in [5.41, 5.74) is 0. The standard InChI is InChI=1S/C5H12FNO/c1-4(2)5(6)3-8-7/h4-5H,3,7H2,1-2H3. The first-order valence-electron chi connectivity index (χ1n) is 2.64. The van der Waals surface area contributed by atoms with Gasteiger partial charge in [0.05, 0.1) is 6.61 Å². The molecule has 0 spiro atoms. The average Bonchev–Trinajstić information content (AvgIpc) is 1.67. The van der Waals surface area contributed by atoms with Crippen molar-refractivity contribution < 1.29 is 9.23 Å². The van der Waals surface area contributed by atoms with E-state index in [0.717, 1.165) is 0 Å². The maximum atomic E-state index is 12.3. The number of alkyl halides is 1. The highest BCUT2D eigenvalue weighted by Crippen LogP contribution is 2.04. The smallest absolute Gasteiger partial charge is 0.128 e. The molecule has 0 radical (unpaired) electrons. The van der Waals surface area contributed by atoms with Crippen LogP contribution in [-0.2, 0) is 4.84 Å². The SMILES string of the molecule is CC(C)C(F)CON. The molecule has 0 heterocycles. The predicted molar refractivity (Wildman–Crippen MR) is 29.9 cm³/mol. The zero-order valence-electron chi connectivity index (χ0n) is 5.23. The van der Waals surface area contributed by atoms with E-state index in [-0.39, 0.29) is 12.5 Å². The molecule has 3 heteroatoms. The highest BCUT2D eigenvalue weighted by atomic mass is 19.1. The highest BCUT2D eigenvalue weighted by Gasteiger charge is 2.09. The molecule has 0 aliphatic rings. The van der Waals surface area contributed by atoms with Gasteiger partial charge in [-0.3, -0.25) is 0 Å². The van der Waals surface area contributed by atoms with Gasteiger partial charge in [0.25, 0.3) is 0 Å². The maximum absolute atomic E-state index is 12.3. The maximum Gasteiger partial charge on any atom is 0.128 e. The minimum Gasteiger partial charge on any atom is -0.302 e. The van der Waals surface area contributed by atoms with E-state index in [1.807, 2.05) is 0 Å². The van der Waals surface area contributed by atoms with Crippen LogP contribution in [0.4, 0.5) is 4.39 Å². The molecule has 2 nitrogen and oxygen atoms in total. The monoisotopic (exact) mass is 121 g/mol. The van der Waals surface area contributed by atoms with Gasteiger partial charge in [-0.15, -0.1) is 0 Å². The van der Waals surface area contributed by atoms with Crippen molar-refractivity contribution in [2.24, 2.45) is 11.8 Å². The molecule has 0 aliphatic heterocycles. The molecule has 0 aromatic rings. The first-order valence-corrected chi connectivity index (χ1v) is 2.64. The van der Waals surface area contributed by atoms with Gasteiger partial charge in [0.1, 0.15) is 6.17 Å². The molecule has 0 amide bonds. The molecule has 0 bridgehead atoms. The summed E-state index contributed by atoms with van der Waals surface area (Å²) >= 11 is 0. The summed E-state index contributed by atoms with van der Waals surface area (Å²) in [6, 6.07) is 0. The summed E-state index contributed by atoms with van der Waals surface area (Å²) in [5, 5.41) is 0. The van der Waals surface area contributed by atoms with Crippen molar-refractivity contribution in [1.29, 1.82) is 0 Å². The number of rotatable bonds is 3. The number of nitrogens with two attached hydrogens (primary N) is 1. The second-order valence-corrected chi connectivity index (χ2v) is 2.09. The van der Waals surface area contributed by atoms with E-state index in [9.17, 15) is 4.39 Å². The molecule has 0 aromatic carbocycles. The van der Waals surface area contributed by atoms with Gasteiger partial charge in [0.15, 0.2) is 0 Å². The fourth-order valence-corrected chi connectivity index (χ4v) is 0.284. The van der Waals surface area contributed by atoms with Crippen LogP contribution in [0, 0.1) is 5.92 Å².